The molecule has 11 heteroatoms. The van der Waals surface area contributed by atoms with Crippen LogP contribution in [0.2, 0.25) is 10.0 Å². The fourth-order valence-corrected chi connectivity index (χ4v) is 4.77. The van der Waals surface area contributed by atoms with Crippen LogP contribution in [-0.4, -0.2) is 42.0 Å². The summed E-state index contributed by atoms with van der Waals surface area (Å²) in [5.74, 6) is -1.03. The first-order valence-electron chi connectivity index (χ1n) is 11.9. The van der Waals surface area contributed by atoms with Crippen LogP contribution in [0.4, 0.5) is 16.2 Å². The maximum atomic E-state index is 13.6. The van der Waals surface area contributed by atoms with Crippen molar-refractivity contribution in [3.63, 3.8) is 0 Å². The lowest BCUT2D eigenvalue weighted by Crippen LogP contribution is -2.54. The maximum Gasteiger partial charge on any atom is 0.335 e. The van der Waals surface area contributed by atoms with Crippen molar-refractivity contribution in [2.75, 3.05) is 24.2 Å². The van der Waals surface area contributed by atoms with Crippen molar-refractivity contribution in [3.8, 4) is 0 Å². The Hall–Kier alpha value is -4.21. The molecule has 0 radical (unpaired) electrons. The number of para-hydroxylation sites is 1. The van der Waals surface area contributed by atoms with Crippen LogP contribution in [0.5, 0.6) is 0 Å². The zero-order chi connectivity index (χ0) is 28.2. The highest BCUT2D eigenvalue weighted by Crippen LogP contribution is 2.40. The molecule has 1 aliphatic heterocycles. The molecule has 0 bridgehead atoms. The number of ether oxygens (including phenoxy) is 1. The molecule has 0 fully saturated rings. The molecule has 0 aromatic heterocycles. The molecule has 0 saturated heterocycles. The number of urea groups is 1. The van der Waals surface area contributed by atoms with Gasteiger partial charge in [0.1, 0.15) is 12.1 Å². The Labute approximate surface area is 235 Å². The van der Waals surface area contributed by atoms with Crippen LogP contribution in [0, 0.1) is 0 Å². The molecule has 1 atom stereocenters. The average Bonchev–Trinajstić information content (AvgIpc) is 2.91. The number of aromatic carboxylic acids is 1. The van der Waals surface area contributed by atoms with E-state index in [1.54, 1.807) is 38.2 Å². The minimum Gasteiger partial charge on any atom is -0.486 e. The summed E-state index contributed by atoms with van der Waals surface area (Å²) >= 11 is 12.7. The number of carbonyl (C=O) groups excluding carboxylic acids is 2. The molecule has 202 valence electrons. The summed E-state index contributed by atoms with van der Waals surface area (Å²) in [5, 5.41) is 21.5. The monoisotopic (exact) mass is 568 g/mol. The third kappa shape index (κ3) is 5.94. The van der Waals surface area contributed by atoms with Gasteiger partial charge in [-0.05, 0) is 49.4 Å². The van der Waals surface area contributed by atoms with E-state index in [1.165, 1.54) is 18.2 Å². The van der Waals surface area contributed by atoms with Crippen molar-refractivity contribution < 1.29 is 24.2 Å². The Balaban J connectivity index is 1.56. The number of hydrogen-bond acceptors (Lipinski definition) is 6. The van der Waals surface area contributed by atoms with Crippen LogP contribution < -0.4 is 21.3 Å². The number of fused-ring (bicyclic) bond motifs is 1. The number of anilines is 2. The van der Waals surface area contributed by atoms with Crippen molar-refractivity contribution >= 4 is 58.1 Å². The van der Waals surface area contributed by atoms with Crippen molar-refractivity contribution in [2.24, 2.45) is 0 Å². The first kappa shape index (κ1) is 27.8. The third-order valence-corrected chi connectivity index (χ3v) is 7.00. The van der Waals surface area contributed by atoms with E-state index in [9.17, 15) is 14.4 Å². The predicted octanol–water partition coefficient (Wildman–Crippen LogP) is 5.37. The predicted molar refractivity (Wildman–Crippen MR) is 151 cm³/mol. The van der Waals surface area contributed by atoms with Crippen LogP contribution in [0.15, 0.2) is 72.4 Å². The zero-order valence-corrected chi connectivity index (χ0v) is 22.6. The summed E-state index contributed by atoms with van der Waals surface area (Å²) < 4.78 is 6.25. The molecule has 2 amide bonds. The fourth-order valence-electron chi connectivity index (χ4n) is 4.26. The number of nitrogens with one attached hydrogen (secondary N) is 4. The van der Waals surface area contributed by atoms with Gasteiger partial charge in [-0.25, -0.2) is 9.59 Å². The topological polar surface area (TPSA) is 129 Å². The maximum absolute atomic E-state index is 13.6. The summed E-state index contributed by atoms with van der Waals surface area (Å²) in [6.07, 6.45) is 0. The number of carboxylic acid groups (broad SMARTS) is 1. The van der Waals surface area contributed by atoms with Crippen LogP contribution >= 0.6 is 23.2 Å². The van der Waals surface area contributed by atoms with Gasteiger partial charge in [-0.2, -0.15) is 0 Å². The number of carboxylic acids is 1. The highest BCUT2D eigenvalue weighted by Gasteiger charge is 2.43. The van der Waals surface area contributed by atoms with E-state index in [1.807, 2.05) is 24.3 Å². The molecule has 0 saturated carbocycles. The number of hydrogen-bond donors (Lipinski definition) is 5. The summed E-state index contributed by atoms with van der Waals surface area (Å²) in [4.78, 5) is 37.3. The molecule has 3 aromatic carbocycles. The van der Waals surface area contributed by atoms with Gasteiger partial charge in [0.2, 0.25) is 0 Å². The first-order valence-corrected chi connectivity index (χ1v) is 12.7. The molecule has 9 nitrogen and oxygen atoms in total. The number of benzene rings is 3. The van der Waals surface area contributed by atoms with Gasteiger partial charge in [-0.3, -0.25) is 4.79 Å². The lowest BCUT2D eigenvalue weighted by molar-refractivity contribution is -0.121. The number of rotatable bonds is 9. The molecule has 1 aliphatic rings. The van der Waals surface area contributed by atoms with Gasteiger partial charge in [0, 0.05) is 39.6 Å². The number of Topliss-reactive ketones (excluding diaryl/α,β-unsaturated/α-hetero) is 1. The summed E-state index contributed by atoms with van der Waals surface area (Å²) in [6, 6.07) is 17.7. The normalized spacial score (nSPS) is 16.0. The smallest absolute Gasteiger partial charge is 0.335 e. The molecule has 0 aliphatic carbocycles. The van der Waals surface area contributed by atoms with Gasteiger partial charge >= 0.3 is 12.0 Å². The van der Waals surface area contributed by atoms with Gasteiger partial charge < -0.3 is 31.1 Å². The lowest BCUT2D eigenvalue weighted by Gasteiger charge is -2.39. The van der Waals surface area contributed by atoms with Crippen molar-refractivity contribution in [1.29, 1.82) is 0 Å². The molecule has 1 heterocycles. The Morgan fingerprint density at radius 1 is 1.00 bits per heavy atom. The molecule has 3 aromatic rings. The third-order valence-electron chi connectivity index (χ3n) is 6.29. The average molecular weight is 569 g/mol. The van der Waals surface area contributed by atoms with Crippen LogP contribution in [0.3, 0.4) is 0 Å². The van der Waals surface area contributed by atoms with Crippen LogP contribution in [0.1, 0.15) is 28.4 Å². The number of amides is 2. The molecule has 39 heavy (non-hydrogen) atoms. The summed E-state index contributed by atoms with van der Waals surface area (Å²) in [5.41, 5.74) is 1.49. The minimum atomic E-state index is -1.29. The number of carbonyl (C=O) groups is 3. The second kappa shape index (κ2) is 11.7. The van der Waals surface area contributed by atoms with Crippen LogP contribution in [0.25, 0.3) is 5.76 Å². The Kier molecular flexibility index (Phi) is 8.32. The number of halogens is 2. The van der Waals surface area contributed by atoms with E-state index in [4.69, 9.17) is 33.0 Å². The molecule has 0 spiro atoms. The summed E-state index contributed by atoms with van der Waals surface area (Å²) in [6.45, 7) is 1.43. The van der Waals surface area contributed by atoms with E-state index < -0.39 is 17.5 Å². The second-order valence-corrected chi connectivity index (χ2v) is 9.67. The molecule has 4 rings (SSSR count). The van der Waals surface area contributed by atoms with Crippen LogP contribution in [-0.2, 0) is 16.1 Å². The van der Waals surface area contributed by atoms with E-state index in [0.29, 0.717) is 32.8 Å². The zero-order valence-electron chi connectivity index (χ0n) is 21.1. The van der Waals surface area contributed by atoms with E-state index >= 15 is 0 Å². The number of ketones is 1. The summed E-state index contributed by atoms with van der Waals surface area (Å²) in [7, 11) is 1.68. The standard InChI is InChI=1S/C28H26Cl2N4O5/c1-28(23(35)14-32-27(38)33-17-8-5-7-16(13-17)26(36)37)25(31-2)24(18-9-3-4-12-22(18)34-28)39-15-19-20(29)10-6-11-21(19)30/h3-13,31,34H,14-15H2,1-2H3,(H,36,37)(H2,32,33,38). The van der Waals surface area contributed by atoms with Gasteiger partial charge in [-0.15, -0.1) is 0 Å². The highest BCUT2D eigenvalue weighted by molar-refractivity contribution is 6.36. The largest absolute Gasteiger partial charge is 0.486 e. The van der Waals surface area contributed by atoms with Gasteiger partial charge in [0.25, 0.3) is 0 Å². The van der Waals surface area contributed by atoms with Gasteiger partial charge in [0.15, 0.2) is 11.5 Å². The molecular weight excluding hydrogens is 543 g/mol. The van der Waals surface area contributed by atoms with E-state index in [0.717, 1.165) is 5.56 Å². The highest BCUT2D eigenvalue weighted by atomic mass is 35.5. The Morgan fingerprint density at radius 2 is 1.69 bits per heavy atom. The Bertz CT molecular complexity index is 1460. The second-order valence-electron chi connectivity index (χ2n) is 8.86. The lowest BCUT2D eigenvalue weighted by atomic mass is 9.85. The number of likely N-dealkylation sites (N-methyl/N-ethyl adjacent to an activating group) is 1. The van der Waals surface area contributed by atoms with Crippen molar-refractivity contribution in [2.45, 2.75) is 19.1 Å². The molecular formula is C28H26Cl2N4O5. The van der Waals surface area contributed by atoms with E-state index in [-0.39, 0.29) is 30.2 Å². The van der Waals surface area contributed by atoms with E-state index in [2.05, 4.69) is 21.3 Å². The van der Waals surface area contributed by atoms with Crippen molar-refractivity contribution in [3.05, 3.63) is 99.2 Å². The molecule has 1 unspecified atom stereocenters. The first-order chi connectivity index (χ1) is 18.6. The van der Waals surface area contributed by atoms with Gasteiger partial charge in [0.05, 0.1) is 17.8 Å². The fraction of sp³-hybridized carbons (Fsp3) is 0.179. The quantitative estimate of drug-likeness (QED) is 0.234. The van der Waals surface area contributed by atoms with Crippen molar-refractivity contribution in [1.82, 2.24) is 10.6 Å². The van der Waals surface area contributed by atoms with Gasteiger partial charge in [-0.1, -0.05) is 47.5 Å². The minimum absolute atomic E-state index is 0.0239. The SMILES string of the molecule is CNC1=C(OCc2c(Cl)cccc2Cl)c2ccccc2NC1(C)C(=O)CNC(=O)Nc1cccc(C(=O)O)c1. The molecule has 5 N–H and O–H groups in total. The Morgan fingerprint density at radius 3 is 2.38 bits per heavy atom.